The van der Waals surface area contributed by atoms with Crippen LogP contribution in [0.2, 0.25) is 0 Å². The minimum Gasteiger partial charge on any atom is -0.493 e. The number of hydrogen-bond donors (Lipinski definition) is 1. The Bertz CT molecular complexity index is 577. The Morgan fingerprint density at radius 3 is 2.48 bits per heavy atom. The van der Waals surface area contributed by atoms with Crippen LogP contribution in [0.5, 0.6) is 11.5 Å². The summed E-state index contributed by atoms with van der Waals surface area (Å²) in [5, 5.41) is 3.56. The zero-order valence-corrected chi connectivity index (χ0v) is 13.1. The summed E-state index contributed by atoms with van der Waals surface area (Å²) in [6.45, 7) is 5.07. The fraction of sp³-hybridized carbons (Fsp3) is 0.412. The Hall–Kier alpha value is -1.94. The zero-order valence-electron chi connectivity index (χ0n) is 13.1. The number of rotatable bonds is 7. The molecule has 0 bridgehead atoms. The fourth-order valence-corrected chi connectivity index (χ4v) is 2.42. The third-order valence-corrected chi connectivity index (χ3v) is 3.55. The normalized spacial score (nSPS) is 12.2. The van der Waals surface area contributed by atoms with Gasteiger partial charge in [-0.25, -0.2) is 0 Å². The molecule has 2 aromatic rings. The van der Waals surface area contributed by atoms with Crippen molar-refractivity contribution in [3.63, 3.8) is 0 Å². The third-order valence-electron chi connectivity index (χ3n) is 3.55. The molecule has 1 N–H and O–H groups in total. The zero-order chi connectivity index (χ0) is 15.2. The number of nitrogens with one attached hydrogen (secondary N) is 1. The highest BCUT2D eigenvalue weighted by atomic mass is 16.5. The van der Waals surface area contributed by atoms with Crippen LogP contribution in [-0.2, 0) is 0 Å². The summed E-state index contributed by atoms with van der Waals surface area (Å²) in [7, 11) is 3.30. The van der Waals surface area contributed by atoms with Gasteiger partial charge in [0.1, 0.15) is 5.76 Å². The van der Waals surface area contributed by atoms with Gasteiger partial charge in [0.15, 0.2) is 11.5 Å². The van der Waals surface area contributed by atoms with E-state index in [1.807, 2.05) is 25.1 Å². The van der Waals surface area contributed by atoms with Crippen molar-refractivity contribution in [1.82, 2.24) is 5.32 Å². The van der Waals surface area contributed by atoms with Crippen molar-refractivity contribution < 1.29 is 13.9 Å². The highest BCUT2D eigenvalue weighted by Crippen LogP contribution is 2.33. The number of methoxy groups -OCH3 is 2. The van der Waals surface area contributed by atoms with E-state index in [9.17, 15) is 0 Å². The Labute approximate surface area is 126 Å². The number of furan rings is 1. The van der Waals surface area contributed by atoms with Gasteiger partial charge in [-0.15, -0.1) is 0 Å². The molecule has 0 saturated carbocycles. The topological polar surface area (TPSA) is 43.6 Å². The molecule has 1 aromatic heterocycles. The molecule has 114 valence electrons. The quantitative estimate of drug-likeness (QED) is 0.844. The molecule has 1 heterocycles. The molecule has 0 aliphatic heterocycles. The SMILES string of the molecule is CCCNC(c1ccc(OC)c(OC)c1)c1ccoc1C. The second kappa shape index (κ2) is 7.18. The van der Waals surface area contributed by atoms with Crippen molar-refractivity contribution in [2.75, 3.05) is 20.8 Å². The molecule has 4 nitrogen and oxygen atoms in total. The number of ether oxygens (including phenoxy) is 2. The molecule has 0 amide bonds. The highest BCUT2D eigenvalue weighted by molar-refractivity contribution is 5.46. The molecule has 0 aliphatic carbocycles. The van der Waals surface area contributed by atoms with Crippen LogP contribution in [0, 0.1) is 6.92 Å². The van der Waals surface area contributed by atoms with Crippen LogP contribution in [0.3, 0.4) is 0 Å². The van der Waals surface area contributed by atoms with E-state index in [2.05, 4.69) is 18.3 Å². The molecule has 0 spiro atoms. The minimum atomic E-state index is 0.0866. The Morgan fingerprint density at radius 1 is 1.14 bits per heavy atom. The van der Waals surface area contributed by atoms with Crippen molar-refractivity contribution in [3.05, 3.63) is 47.4 Å². The average Bonchev–Trinajstić information content (AvgIpc) is 2.93. The van der Waals surface area contributed by atoms with E-state index in [0.29, 0.717) is 0 Å². The maximum atomic E-state index is 5.45. The molecular formula is C17H23NO3. The van der Waals surface area contributed by atoms with Gasteiger partial charge in [-0.2, -0.15) is 0 Å². The molecule has 4 heteroatoms. The van der Waals surface area contributed by atoms with Crippen LogP contribution in [0.15, 0.2) is 34.9 Å². The van der Waals surface area contributed by atoms with Gasteiger partial charge in [0.2, 0.25) is 0 Å². The van der Waals surface area contributed by atoms with Crippen molar-refractivity contribution in [3.8, 4) is 11.5 Å². The first kappa shape index (κ1) is 15.4. The predicted molar refractivity (Wildman–Crippen MR) is 83.1 cm³/mol. The predicted octanol–water partition coefficient (Wildman–Crippen LogP) is 3.69. The van der Waals surface area contributed by atoms with Crippen molar-refractivity contribution >= 4 is 0 Å². The van der Waals surface area contributed by atoms with Gasteiger partial charge in [-0.1, -0.05) is 13.0 Å². The molecule has 0 fully saturated rings. The summed E-state index contributed by atoms with van der Waals surface area (Å²) in [6, 6.07) is 8.10. The molecule has 0 aliphatic rings. The summed E-state index contributed by atoms with van der Waals surface area (Å²) < 4.78 is 16.2. The second-order valence-electron chi connectivity index (χ2n) is 4.93. The monoisotopic (exact) mass is 289 g/mol. The lowest BCUT2D eigenvalue weighted by atomic mass is 9.98. The Kier molecular flexibility index (Phi) is 5.28. The molecular weight excluding hydrogens is 266 g/mol. The van der Waals surface area contributed by atoms with E-state index in [1.54, 1.807) is 20.5 Å². The second-order valence-corrected chi connectivity index (χ2v) is 4.93. The lowest BCUT2D eigenvalue weighted by molar-refractivity contribution is 0.354. The van der Waals surface area contributed by atoms with Gasteiger partial charge in [0, 0.05) is 5.56 Å². The van der Waals surface area contributed by atoms with Gasteiger partial charge in [-0.05, 0) is 43.7 Å². The van der Waals surface area contributed by atoms with Crippen LogP contribution in [0.1, 0.15) is 36.3 Å². The molecule has 1 atom stereocenters. The first-order valence-electron chi connectivity index (χ1n) is 7.20. The Morgan fingerprint density at radius 2 is 1.90 bits per heavy atom. The van der Waals surface area contributed by atoms with Crippen LogP contribution in [-0.4, -0.2) is 20.8 Å². The molecule has 2 rings (SSSR count). The number of hydrogen-bond acceptors (Lipinski definition) is 4. The highest BCUT2D eigenvalue weighted by Gasteiger charge is 2.19. The molecule has 1 aromatic carbocycles. The van der Waals surface area contributed by atoms with Crippen LogP contribution in [0.4, 0.5) is 0 Å². The van der Waals surface area contributed by atoms with Gasteiger partial charge in [-0.3, -0.25) is 0 Å². The van der Waals surface area contributed by atoms with Gasteiger partial charge in [0.25, 0.3) is 0 Å². The van der Waals surface area contributed by atoms with E-state index in [-0.39, 0.29) is 6.04 Å². The standard InChI is InChI=1S/C17H23NO3/c1-5-9-18-17(14-8-10-21-12(14)2)13-6-7-15(19-3)16(11-13)20-4/h6-8,10-11,17-18H,5,9H2,1-4H3. The summed E-state index contributed by atoms with van der Waals surface area (Å²) in [5.41, 5.74) is 2.28. The number of benzene rings is 1. The Balaban J connectivity index is 2.39. The molecule has 1 unspecified atom stereocenters. The number of aryl methyl sites for hydroxylation is 1. The first-order valence-corrected chi connectivity index (χ1v) is 7.20. The van der Waals surface area contributed by atoms with Gasteiger partial charge >= 0.3 is 0 Å². The summed E-state index contributed by atoms with van der Waals surface area (Å²) in [4.78, 5) is 0. The van der Waals surface area contributed by atoms with Gasteiger partial charge in [0.05, 0.1) is 26.5 Å². The van der Waals surface area contributed by atoms with Crippen LogP contribution >= 0.6 is 0 Å². The van der Waals surface area contributed by atoms with Crippen molar-refractivity contribution in [2.45, 2.75) is 26.3 Å². The van der Waals surface area contributed by atoms with Crippen LogP contribution < -0.4 is 14.8 Å². The minimum absolute atomic E-state index is 0.0866. The molecule has 0 saturated heterocycles. The smallest absolute Gasteiger partial charge is 0.161 e. The summed E-state index contributed by atoms with van der Waals surface area (Å²) in [5.74, 6) is 2.40. The van der Waals surface area contributed by atoms with E-state index in [1.165, 1.54) is 0 Å². The van der Waals surface area contributed by atoms with Crippen molar-refractivity contribution in [1.29, 1.82) is 0 Å². The maximum Gasteiger partial charge on any atom is 0.161 e. The summed E-state index contributed by atoms with van der Waals surface area (Å²) in [6.07, 6.45) is 2.80. The van der Waals surface area contributed by atoms with E-state index in [4.69, 9.17) is 13.9 Å². The van der Waals surface area contributed by atoms with E-state index < -0.39 is 0 Å². The van der Waals surface area contributed by atoms with Gasteiger partial charge < -0.3 is 19.2 Å². The largest absolute Gasteiger partial charge is 0.493 e. The van der Waals surface area contributed by atoms with Crippen LogP contribution in [0.25, 0.3) is 0 Å². The lowest BCUT2D eigenvalue weighted by Crippen LogP contribution is -2.23. The third kappa shape index (κ3) is 3.39. The van der Waals surface area contributed by atoms with E-state index >= 15 is 0 Å². The van der Waals surface area contributed by atoms with E-state index in [0.717, 1.165) is 41.4 Å². The molecule has 21 heavy (non-hydrogen) atoms. The first-order chi connectivity index (χ1) is 10.2. The average molecular weight is 289 g/mol. The maximum absolute atomic E-state index is 5.45. The summed E-state index contributed by atoms with van der Waals surface area (Å²) >= 11 is 0. The fourth-order valence-electron chi connectivity index (χ4n) is 2.42. The lowest BCUT2D eigenvalue weighted by Gasteiger charge is -2.20. The van der Waals surface area contributed by atoms with Crippen molar-refractivity contribution in [2.24, 2.45) is 0 Å². The molecule has 0 radical (unpaired) electrons.